The Kier molecular flexibility index (Phi) is 10.00. The highest BCUT2D eigenvalue weighted by Crippen LogP contribution is 2.33. The molecule has 5 nitrogen and oxygen atoms in total. The Morgan fingerprint density at radius 3 is 2.74 bits per heavy atom. The molecule has 2 heterocycles. The predicted molar refractivity (Wildman–Crippen MR) is 127 cm³/mol. The molecular formula is C19H30ClIN4OS. The van der Waals surface area contributed by atoms with E-state index in [1.807, 2.05) is 25.2 Å². The fourth-order valence-electron chi connectivity index (χ4n) is 3.62. The monoisotopic (exact) mass is 524 g/mol. The van der Waals surface area contributed by atoms with Crippen molar-refractivity contribution in [3.63, 3.8) is 0 Å². The molecule has 2 aliphatic heterocycles. The van der Waals surface area contributed by atoms with Crippen LogP contribution in [0.5, 0.6) is 0 Å². The van der Waals surface area contributed by atoms with Crippen LogP contribution in [0.2, 0.25) is 5.02 Å². The van der Waals surface area contributed by atoms with E-state index in [2.05, 4.69) is 38.4 Å². The number of ether oxygens (including phenoxy) is 1. The third-order valence-corrected chi connectivity index (χ3v) is 6.82. The van der Waals surface area contributed by atoms with E-state index in [0.717, 1.165) is 62.4 Å². The summed E-state index contributed by atoms with van der Waals surface area (Å²) in [4.78, 5) is 7.00. The van der Waals surface area contributed by atoms with Crippen molar-refractivity contribution in [2.75, 3.05) is 57.9 Å². The van der Waals surface area contributed by atoms with Gasteiger partial charge in [-0.25, -0.2) is 0 Å². The third-order valence-electron chi connectivity index (χ3n) is 5.22. The molecule has 0 spiro atoms. The Bertz CT molecular complexity index is 607. The molecule has 0 saturated carbocycles. The minimum Gasteiger partial charge on any atom is -0.379 e. The van der Waals surface area contributed by atoms with Crippen molar-refractivity contribution < 1.29 is 4.74 Å². The van der Waals surface area contributed by atoms with Crippen molar-refractivity contribution in [2.45, 2.75) is 18.4 Å². The normalized spacial score (nSPS) is 23.7. The Labute approximate surface area is 189 Å². The maximum Gasteiger partial charge on any atom is 0.191 e. The smallest absolute Gasteiger partial charge is 0.191 e. The van der Waals surface area contributed by atoms with Crippen LogP contribution >= 0.6 is 47.3 Å². The molecular weight excluding hydrogens is 495 g/mol. The summed E-state index contributed by atoms with van der Waals surface area (Å²) in [6.07, 6.45) is 2.10. The second-order valence-electron chi connectivity index (χ2n) is 6.82. The van der Waals surface area contributed by atoms with Gasteiger partial charge in [-0.1, -0.05) is 29.8 Å². The first-order chi connectivity index (χ1) is 12.7. The van der Waals surface area contributed by atoms with Gasteiger partial charge in [-0.3, -0.25) is 9.89 Å². The number of hydrogen-bond acceptors (Lipinski definition) is 4. The fraction of sp³-hybridized carbons (Fsp3) is 0.632. The van der Waals surface area contributed by atoms with E-state index in [4.69, 9.17) is 16.3 Å². The van der Waals surface area contributed by atoms with E-state index in [1.54, 1.807) is 0 Å². The van der Waals surface area contributed by atoms with Crippen LogP contribution < -0.4 is 10.6 Å². The molecule has 1 aromatic carbocycles. The lowest BCUT2D eigenvalue weighted by Gasteiger charge is -2.43. The zero-order valence-electron chi connectivity index (χ0n) is 15.9. The fourth-order valence-corrected chi connectivity index (χ4v) is 5.33. The van der Waals surface area contributed by atoms with Gasteiger partial charge in [0.1, 0.15) is 0 Å². The lowest BCUT2D eigenvalue weighted by atomic mass is 9.95. The minimum absolute atomic E-state index is 0. The number of guanidine groups is 1. The van der Waals surface area contributed by atoms with Crippen molar-refractivity contribution in [1.82, 2.24) is 15.5 Å². The van der Waals surface area contributed by atoms with Gasteiger partial charge in [-0.2, -0.15) is 11.8 Å². The van der Waals surface area contributed by atoms with E-state index in [9.17, 15) is 0 Å². The van der Waals surface area contributed by atoms with E-state index in [0.29, 0.717) is 0 Å². The van der Waals surface area contributed by atoms with Crippen LogP contribution in [-0.2, 0) is 11.2 Å². The quantitative estimate of drug-likeness (QED) is 0.341. The molecule has 0 aromatic heterocycles. The van der Waals surface area contributed by atoms with Gasteiger partial charge in [0.05, 0.1) is 13.2 Å². The van der Waals surface area contributed by atoms with Gasteiger partial charge in [0.15, 0.2) is 5.96 Å². The van der Waals surface area contributed by atoms with E-state index >= 15 is 0 Å². The van der Waals surface area contributed by atoms with Crippen LogP contribution in [0.1, 0.15) is 12.0 Å². The second-order valence-corrected chi connectivity index (χ2v) is 8.33. The van der Waals surface area contributed by atoms with Crippen LogP contribution in [0.25, 0.3) is 0 Å². The maximum absolute atomic E-state index is 6.23. The van der Waals surface area contributed by atoms with Gasteiger partial charge in [0.25, 0.3) is 0 Å². The van der Waals surface area contributed by atoms with E-state index in [-0.39, 0.29) is 29.5 Å². The first-order valence-electron chi connectivity index (χ1n) is 9.32. The number of nitrogens with one attached hydrogen (secondary N) is 2. The lowest BCUT2D eigenvalue weighted by Crippen LogP contribution is -2.60. The Hall–Kier alpha value is -0.220. The van der Waals surface area contributed by atoms with Gasteiger partial charge in [0, 0.05) is 49.5 Å². The standard InChI is InChI=1S/C19H29ClN4OS.HI/c1-21-18(22-8-6-16-4-2-3-5-17(16)20)23-14-19(7-13-26-15-19)24-9-11-25-12-10-24;/h2-5H,6-15H2,1H3,(H2,21,22,23);1H. The summed E-state index contributed by atoms with van der Waals surface area (Å²) in [6.45, 7) is 5.48. The summed E-state index contributed by atoms with van der Waals surface area (Å²) in [5.74, 6) is 3.27. The summed E-state index contributed by atoms with van der Waals surface area (Å²) in [7, 11) is 1.83. The first-order valence-corrected chi connectivity index (χ1v) is 10.9. The van der Waals surface area contributed by atoms with Crippen molar-refractivity contribution in [3.8, 4) is 0 Å². The molecule has 1 atom stereocenters. The predicted octanol–water partition coefficient (Wildman–Crippen LogP) is 2.87. The molecule has 1 unspecified atom stereocenters. The molecule has 2 fully saturated rings. The van der Waals surface area contributed by atoms with Crippen LogP contribution in [0, 0.1) is 0 Å². The van der Waals surface area contributed by atoms with Gasteiger partial charge >= 0.3 is 0 Å². The molecule has 2 aliphatic rings. The summed E-state index contributed by atoms with van der Waals surface area (Å²) < 4.78 is 5.54. The number of aliphatic imine (C=N–C) groups is 1. The summed E-state index contributed by atoms with van der Waals surface area (Å²) in [5, 5.41) is 7.81. The molecule has 0 bridgehead atoms. The minimum atomic E-state index is 0. The van der Waals surface area contributed by atoms with Crippen molar-refractivity contribution >= 4 is 53.3 Å². The van der Waals surface area contributed by atoms with Crippen LogP contribution in [-0.4, -0.2) is 74.3 Å². The summed E-state index contributed by atoms with van der Waals surface area (Å²) in [5.41, 5.74) is 1.38. The average Bonchev–Trinajstić information content (AvgIpc) is 3.17. The second kappa shape index (κ2) is 11.7. The van der Waals surface area contributed by atoms with Crippen LogP contribution in [0.4, 0.5) is 0 Å². The van der Waals surface area contributed by atoms with Gasteiger partial charge in [-0.15, -0.1) is 24.0 Å². The number of rotatable bonds is 6. The maximum atomic E-state index is 6.23. The SMILES string of the molecule is CN=C(NCCc1ccccc1Cl)NCC1(N2CCOCC2)CCSC1.I. The largest absolute Gasteiger partial charge is 0.379 e. The Morgan fingerprint density at radius 1 is 1.30 bits per heavy atom. The topological polar surface area (TPSA) is 48.9 Å². The number of benzene rings is 1. The Balaban J connectivity index is 0.00000261. The third kappa shape index (κ3) is 6.39. The number of nitrogens with zero attached hydrogens (tertiary/aromatic N) is 2. The van der Waals surface area contributed by atoms with E-state index < -0.39 is 0 Å². The molecule has 8 heteroatoms. The molecule has 3 rings (SSSR count). The molecule has 27 heavy (non-hydrogen) atoms. The average molecular weight is 525 g/mol. The molecule has 0 amide bonds. The number of thioether (sulfide) groups is 1. The highest BCUT2D eigenvalue weighted by Gasteiger charge is 2.40. The van der Waals surface area contributed by atoms with Crippen molar-refractivity contribution in [3.05, 3.63) is 34.9 Å². The summed E-state index contributed by atoms with van der Waals surface area (Å²) in [6, 6.07) is 8.00. The van der Waals surface area contributed by atoms with Crippen molar-refractivity contribution in [2.24, 2.45) is 4.99 Å². The zero-order valence-corrected chi connectivity index (χ0v) is 19.8. The lowest BCUT2D eigenvalue weighted by molar-refractivity contribution is -0.0120. The highest BCUT2D eigenvalue weighted by atomic mass is 127. The molecule has 152 valence electrons. The highest BCUT2D eigenvalue weighted by molar-refractivity contribution is 14.0. The zero-order chi connectivity index (χ0) is 18.2. The van der Waals surface area contributed by atoms with Gasteiger partial charge < -0.3 is 15.4 Å². The molecule has 0 aliphatic carbocycles. The number of morpholine rings is 1. The molecule has 2 saturated heterocycles. The van der Waals surface area contributed by atoms with Gasteiger partial charge in [0.2, 0.25) is 0 Å². The van der Waals surface area contributed by atoms with Crippen molar-refractivity contribution in [1.29, 1.82) is 0 Å². The van der Waals surface area contributed by atoms with Crippen LogP contribution in [0.15, 0.2) is 29.3 Å². The number of halogens is 2. The van der Waals surface area contributed by atoms with Gasteiger partial charge in [-0.05, 0) is 30.2 Å². The molecule has 2 N–H and O–H groups in total. The van der Waals surface area contributed by atoms with Crippen LogP contribution in [0.3, 0.4) is 0 Å². The first kappa shape index (κ1) is 23.1. The molecule has 0 radical (unpaired) electrons. The van der Waals surface area contributed by atoms with E-state index in [1.165, 1.54) is 17.9 Å². The summed E-state index contributed by atoms with van der Waals surface area (Å²) >= 11 is 8.29. The number of hydrogen-bond donors (Lipinski definition) is 2. The molecule has 1 aromatic rings. The Morgan fingerprint density at radius 2 is 2.07 bits per heavy atom.